The summed E-state index contributed by atoms with van der Waals surface area (Å²) < 4.78 is 5.07. The first-order chi connectivity index (χ1) is 12.5. The molecule has 0 aromatic heterocycles. The van der Waals surface area contributed by atoms with E-state index < -0.39 is 6.04 Å². The van der Waals surface area contributed by atoms with Gasteiger partial charge in [0.1, 0.15) is 11.8 Å². The predicted molar refractivity (Wildman–Crippen MR) is 101 cm³/mol. The number of methoxy groups -OCH3 is 1. The molecule has 1 fully saturated rings. The minimum absolute atomic E-state index is 0.0799. The van der Waals surface area contributed by atoms with Crippen molar-refractivity contribution in [1.82, 2.24) is 16.0 Å². The lowest BCUT2D eigenvalue weighted by molar-refractivity contribution is -0.127. The fourth-order valence-corrected chi connectivity index (χ4v) is 2.76. The molecule has 0 heterocycles. The number of hydrogen-bond acceptors (Lipinski definition) is 5. The average molecular weight is 379 g/mol. The fraction of sp³-hybridized carbons (Fsp3) is 0.500. The van der Waals surface area contributed by atoms with Gasteiger partial charge >= 0.3 is 0 Å². The lowest BCUT2D eigenvalue weighted by atomic mass is 10.1. The van der Waals surface area contributed by atoms with Gasteiger partial charge in [-0.2, -0.15) is 11.8 Å². The molecule has 0 aliphatic heterocycles. The van der Waals surface area contributed by atoms with Crippen LogP contribution in [0.3, 0.4) is 0 Å². The van der Waals surface area contributed by atoms with Crippen LogP contribution in [0.5, 0.6) is 5.75 Å². The normalized spacial score (nSPS) is 14.2. The summed E-state index contributed by atoms with van der Waals surface area (Å²) >= 11 is 1.59. The quantitative estimate of drug-likeness (QED) is 0.562. The molecule has 26 heavy (non-hydrogen) atoms. The van der Waals surface area contributed by atoms with Crippen LogP contribution in [-0.2, 0) is 9.59 Å². The molecule has 3 amide bonds. The molecule has 0 bridgehead atoms. The molecule has 1 aliphatic carbocycles. The molecule has 1 saturated carbocycles. The largest absolute Gasteiger partial charge is 0.497 e. The smallest absolute Gasteiger partial charge is 0.251 e. The van der Waals surface area contributed by atoms with E-state index in [9.17, 15) is 14.4 Å². The molecule has 1 aromatic rings. The summed E-state index contributed by atoms with van der Waals surface area (Å²) in [4.78, 5) is 36.5. The number of hydrogen-bond donors (Lipinski definition) is 3. The van der Waals surface area contributed by atoms with Crippen LogP contribution in [0.1, 0.15) is 29.6 Å². The van der Waals surface area contributed by atoms with Gasteiger partial charge in [-0.05, 0) is 55.5 Å². The molecule has 0 spiro atoms. The number of thioether (sulfide) groups is 1. The fourth-order valence-electron chi connectivity index (χ4n) is 2.29. The van der Waals surface area contributed by atoms with Crippen molar-refractivity contribution in [3.05, 3.63) is 29.8 Å². The highest BCUT2D eigenvalue weighted by Crippen LogP contribution is 2.18. The third-order valence-electron chi connectivity index (χ3n) is 3.95. The van der Waals surface area contributed by atoms with E-state index in [1.54, 1.807) is 43.1 Å². The van der Waals surface area contributed by atoms with E-state index in [4.69, 9.17) is 4.74 Å². The summed E-state index contributed by atoms with van der Waals surface area (Å²) in [6, 6.07) is 6.22. The first-order valence-corrected chi connectivity index (χ1v) is 9.93. The van der Waals surface area contributed by atoms with Crippen LogP contribution in [0.2, 0.25) is 0 Å². The molecule has 0 radical (unpaired) electrons. The summed E-state index contributed by atoms with van der Waals surface area (Å²) in [5, 5.41) is 8.16. The maximum Gasteiger partial charge on any atom is 0.251 e. The molecule has 0 unspecified atom stereocenters. The molecule has 142 valence electrons. The molecule has 1 aliphatic rings. The van der Waals surface area contributed by atoms with Gasteiger partial charge in [-0.1, -0.05) is 0 Å². The van der Waals surface area contributed by atoms with Crippen LogP contribution >= 0.6 is 11.8 Å². The minimum atomic E-state index is -0.689. The summed E-state index contributed by atoms with van der Waals surface area (Å²) in [5.41, 5.74) is 0.444. The second-order valence-corrected chi connectivity index (χ2v) is 7.08. The van der Waals surface area contributed by atoms with Crippen molar-refractivity contribution in [3.63, 3.8) is 0 Å². The highest BCUT2D eigenvalue weighted by atomic mass is 32.2. The van der Waals surface area contributed by atoms with Crippen molar-refractivity contribution in [1.29, 1.82) is 0 Å². The van der Waals surface area contributed by atoms with Gasteiger partial charge < -0.3 is 20.7 Å². The number of carbonyl (C=O) groups is 3. The van der Waals surface area contributed by atoms with Gasteiger partial charge in [0.2, 0.25) is 11.8 Å². The Bertz CT molecular complexity index is 632. The van der Waals surface area contributed by atoms with Crippen molar-refractivity contribution in [2.24, 2.45) is 0 Å². The average Bonchev–Trinajstić information content (AvgIpc) is 3.46. The van der Waals surface area contributed by atoms with Gasteiger partial charge in [-0.25, -0.2) is 0 Å². The van der Waals surface area contributed by atoms with Crippen molar-refractivity contribution in [2.75, 3.05) is 25.7 Å². The summed E-state index contributed by atoms with van der Waals surface area (Å²) in [6.07, 6.45) is 4.41. The zero-order valence-corrected chi connectivity index (χ0v) is 15.9. The molecule has 1 atom stereocenters. The van der Waals surface area contributed by atoms with E-state index in [-0.39, 0.29) is 30.3 Å². The van der Waals surface area contributed by atoms with Crippen LogP contribution in [0.25, 0.3) is 0 Å². The Morgan fingerprint density at radius 2 is 1.92 bits per heavy atom. The van der Waals surface area contributed by atoms with Gasteiger partial charge in [-0.15, -0.1) is 0 Å². The monoisotopic (exact) mass is 379 g/mol. The maximum absolute atomic E-state index is 12.4. The Hall–Kier alpha value is -2.22. The first-order valence-electron chi connectivity index (χ1n) is 8.54. The van der Waals surface area contributed by atoms with Crippen molar-refractivity contribution >= 4 is 29.5 Å². The SMILES string of the molecule is COc1ccc(C(=O)N[C@@H](CCSC)C(=O)NCC(=O)NC2CC2)cc1. The van der Waals surface area contributed by atoms with Gasteiger partial charge in [0.05, 0.1) is 13.7 Å². The zero-order valence-electron chi connectivity index (χ0n) is 15.0. The highest BCUT2D eigenvalue weighted by Gasteiger charge is 2.25. The van der Waals surface area contributed by atoms with E-state index in [1.807, 2.05) is 6.26 Å². The molecule has 1 aromatic carbocycles. The summed E-state index contributed by atoms with van der Waals surface area (Å²) in [6.45, 7) is -0.0799. The second kappa shape index (κ2) is 10.1. The highest BCUT2D eigenvalue weighted by molar-refractivity contribution is 7.98. The Morgan fingerprint density at radius 1 is 1.23 bits per heavy atom. The van der Waals surface area contributed by atoms with Crippen LogP contribution in [0.4, 0.5) is 0 Å². The summed E-state index contributed by atoms with van der Waals surface area (Å²) in [7, 11) is 1.55. The molecule has 3 N–H and O–H groups in total. The standard InChI is InChI=1S/C18H25N3O4S/c1-25-14-7-3-12(4-8-14)17(23)21-15(9-10-26-2)18(24)19-11-16(22)20-13-5-6-13/h3-4,7-8,13,15H,5-6,9-11H2,1-2H3,(H,19,24)(H,20,22)(H,21,23)/t15-/m0/s1. The lowest BCUT2D eigenvalue weighted by Crippen LogP contribution is -2.49. The minimum Gasteiger partial charge on any atom is -0.497 e. The zero-order chi connectivity index (χ0) is 18.9. The molecule has 0 saturated heterocycles. The van der Waals surface area contributed by atoms with E-state index in [2.05, 4.69) is 16.0 Å². The molecule has 7 nitrogen and oxygen atoms in total. The molecular formula is C18H25N3O4S. The number of amides is 3. The van der Waals surface area contributed by atoms with Crippen molar-refractivity contribution < 1.29 is 19.1 Å². The summed E-state index contributed by atoms with van der Waals surface area (Å²) in [5.74, 6) is 0.476. The first kappa shape index (κ1) is 20.1. The Balaban J connectivity index is 1.89. The number of carbonyl (C=O) groups excluding carboxylic acids is 3. The van der Waals surface area contributed by atoms with E-state index in [0.717, 1.165) is 18.6 Å². The molecule has 2 rings (SSSR count). The van der Waals surface area contributed by atoms with Gasteiger partial charge in [0, 0.05) is 11.6 Å². The Kier molecular flexibility index (Phi) is 7.77. The Morgan fingerprint density at radius 3 is 2.50 bits per heavy atom. The van der Waals surface area contributed by atoms with Crippen molar-refractivity contribution in [3.8, 4) is 5.75 Å². The third-order valence-corrected chi connectivity index (χ3v) is 4.59. The van der Waals surface area contributed by atoms with E-state index in [1.165, 1.54) is 0 Å². The predicted octanol–water partition coefficient (Wildman–Crippen LogP) is 0.942. The third kappa shape index (κ3) is 6.59. The van der Waals surface area contributed by atoms with Crippen LogP contribution < -0.4 is 20.7 Å². The number of rotatable bonds is 10. The van der Waals surface area contributed by atoms with Gasteiger partial charge in [-0.3, -0.25) is 14.4 Å². The number of ether oxygens (including phenoxy) is 1. The number of benzene rings is 1. The molecular weight excluding hydrogens is 354 g/mol. The lowest BCUT2D eigenvalue weighted by Gasteiger charge is -2.18. The van der Waals surface area contributed by atoms with Crippen molar-refractivity contribution in [2.45, 2.75) is 31.3 Å². The maximum atomic E-state index is 12.4. The Labute approximate surface area is 157 Å². The van der Waals surface area contributed by atoms with Gasteiger partial charge in [0.15, 0.2) is 0 Å². The van der Waals surface area contributed by atoms with E-state index in [0.29, 0.717) is 17.7 Å². The van der Waals surface area contributed by atoms with Gasteiger partial charge in [0.25, 0.3) is 5.91 Å². The second-order valence-electron chi connectivity index (χ2n) is 6.10. The van der Waals surface area contributed by atoms with Crippen LogP contribution in [0, 0.1) is 0 Å². The number of nitrogens with one attached hydrogen (secondary N) is 3. The van der Waals surface area contributed by atoms with E-state index >= 15 is 0 Å². The van der Waals surface area contributed by atoms with Crippen LogP contribution in [-0.4, -0.2) is 55.5 Å². The topological polar surface area (TPSA) is 96.5 Å². The van der Waals surface area contributed by atoms with Crippen LogP contribution in [0.15, 0.2) is 24.3 Å². The molecule has 8 heteroatoms.